The summed E-state index contributed by atoms with van der Waals surface area (Å²) in [4.78, 5) is 38.8. The van der Waals surface area contributed by atoms with Gasteiger partial charge in [0.15, 0.2) is 0 Å². The third-order valence-electron chi connectivity index (χ3n) is 6.00. The summed E-state index contributed by atoms with van der Waals surface area (Å²) >= 11 is 0. The Hall–Kier alpha value is -2.41. The average molecular weight is 370 g/mol. The van der Waals surface area contributed by atoms with Gasteiger partial charge in [-0.3, -0.25) is 14.5 Å². The maximum atomic E-state index is 13.0. The molecule has 2 unspecified atom stereocenters. The SMILES string of the molecule is O=C(CN1C(=O)NC2(CCc3ccccc32)C1=O)NCCC1CCCNC1. The third-order valence-corrected chi connectivity index (χ3v) is 6.00. The van der Waals surface area contributed by atoms with Crippen LogP contribution in [0.3, 0.4) is 0 Å². The van der Waals surface area contributed by atoms with E-state index in [2.05, 4.69) is 16.0 Å². The predicted molar refractivity (Wildman–Crippen MR) is 99.9 cm³/mol. The monoisotopic (exact) mass is 370 g/mol. The Morgan fingerprint density at radius 2 is 2.15 bits per heavy atom. The number of amides is 4. The summed E-state index contributed by atoms with van der Waals surface area (Å²) in [5.41, 5.74) is 0.941. The number of nitrogens with one attached hydrogen (secondary N) is 3. The van der Waals surface area contributed by atoms with Crippen molar-refractivity contribution in [1.29, 1.82) is 0 Å². The van der Waals surface area contributed by atoms with E-state index in [0.717, 1.165) is 42.0 Å². The lowest BCUT2D eigenvalue weighted by Crippen LogP contribution is -2.44. The van der Waals surface area contributed by atoms with E-state index in [9.17, 15) is 14.4 Å². The van der Waals surface area contributed by atoms with Gasteiger partial charge in [-0.05, 0) is 62.2 Å². The van der Waals surface area contributed by atoms with Gasteiger partial charge in [-0.1, -0.05) is 24.3 Å². The number of imide groups is 1. The van der Waals surface area contributed by atoms with Crippen molar-refractivity contribution in [2.24, 2.45) is 5.92 Å². The minimum absolute atomic E-state index is 0.225. The number of hydrogen-bond acceptors (Lipinski definition) is 4. The fourth-order valence-corrected chi connectivity index (χ4v) is 4.52. The summed E-state index contributed by atoms with van der Waals surface area (Å²) in [6, 6.07) is 7.21. The molecular weight excluding hydrogens is 344 g/mol. The molecule has 2 atom stereocenters. The topological polar surface area (TPSA) is 90.5 Å². The molecule has 1 aliphatic carbocycles. The number of aryl methyl sites for hydroxylation is 1. The van der Waals surface area contributed by atoms with Gasteiger partial charge in [0, 0.05) is 6.54 Å². The van der Waals surface area contributed by atoms with Crippen LogP contribution in [0, 0.1) is 5.92 Å². The highest BCUT2D eigenvalue weighted by Gasteiger charge is 2.55. The first-order chi connectivity index (χ1) is 13.1. The van der Waals surface area contributed by atoms with E-state index in [4.69, 9.17) is 0 Å². The van der Waals surface area contributed by atoms with Crippen molar-refractivity contribution in [2.45, 2.75) is 37.6 Å². The summed E-state index contributed by atoms with van der Waals surface area (Å²) < 4.78 is 0. The summed E-state index contributed by atoms with van der Waals surface area (Å²) in [5.74, 6) is -0.0243. The maximum Gasteiger partial charge on any atom is 0.325 e. The Balaban J connectivity index is 1.35. The molecule has 0 bridgehead atoms. The molecule has 4 rings (SSSR count). The van der Waals surface area contributed by atoms with Crippen LogP contribution in [-0.4, -0.2) is 48.9 Å². The van der Waals surface area contributed by atoms with E-state index in [1.165, 1.54) is 12.8 Å². The van der Waals surface area contributed by atoms with Gasteiger partial charge < -0.3 is 16.0 Å². The molecule has 144 valence electrons. The number of benzene rings is 1. The minimum Gasteiger partial charge on any atom is -0.355 e. The molecule has 4 amide bonds. The normalized spacial score (nSPS) is 27.0. The number of piperidine rings is 1. The Morgan fingerprint density at radius 1 is 1.30 bits per heavy atom. The zero-order chi connectivity index (χ0) is 18.9. The fourth-order valence-electron chi connectivity index (χ4n) is 4.52. The zero-order valence-electron chi connectivity index (χ0n) is 15.4. The van der Waals surface area contributed by atoms with Gasteiger partial charge in [-0.25, -0.2) is 4.79 Å². The van der Waals surface area contributed by atoms with Crippen molar-refractivity contribution >= 4 is 17.8 Å². The van der Waals surface area contributed by atoms with Crippen molar-refractivity contribution in [3.8, 4) is 0 Å². The molecule has 27 heavy (non-hydrogen) atoms. The first-order valence-electron chi connectivity index (χ1n) is 9.80. The summed E-state index contributed by atoms with van der Waals surface area (Å²) in [7, 11) is 0. The Labute approximate surface area is 158 Å². The molecule has 2 saturated heterocycles. The molecule has 2 aliphatic heterocycles. The quantitative estimate of drug-likeness (QED) is 0.672. The first-order valence-corrected chi connectivity index (χ1v) is 9.80. The third kappa shape index (κ3) is 3.32. The number of urea groups is 1. The van der Waals surface area contributed by atoms with E-state index in [0.29, 0.717) is 18.9 Å². The van der Waals surface area contributed by atoms with E-state index in [1.54, 1.807) is 0 Å². The van der Waals surface area contributed by atoms with Crippen LogP contribution in [0.4, 0.5) is 4.79 Å². The molecule has 1 aromatic rings. The highest BCUT2D eigenvalue weighted by Crippen LogP contribution is 2.41. The van der Waals surface area contributed by atoms with Gasteiger partial charge >= 0.3 is 6.03 Å². The Morgan fingerprint density at radius 3 is 2.96 bits per heavy atom. The molecule has 1 spiro atoms. The van der Waals surface area contributed by atoms with Crippen molar-refractivity contribution in [2.75, 3.05) is 26.2 Å². The van der Waals surface area contributed by atoms with Crippen molar-refractivity contribution in [3.63, 3.8) is 0 Å². The van der Waals surface area contributed by atoms with Crippen molar-refractivity contribution < 1.29 is 14.4 Å². The lowest BCUT2D eigenvalue weighted by Gasteiger charge is -2.23. The van der Waals surface area contributed by atoms with Gasteiger partial charge in [0.05, 0.1) is 0 Å². The summed E-state index contributed by atoms with van der Waals surface area (Å²) in [5, 5.41) is 9.06. The number of nitrogens with zero attached hydrogens (tertiary/aromatic N) is 1. The van der Waals surface area contributed by atoms with Gasteiger partial charge in [-0.2, -0.15) is 0 Å². The maximum absolute atomic E-state index is 13.0. The molecule has 1 aromatic carbocycles. The van der Waals surface area contributed by atoms with E-state index in [1.807, 2.05) is 24.3 Å². The summed E-state index contributed by atoms with van der Waals surface area (Å²) in [6.45, 7) is 2.41. The van der Waals surface area contributed by atoms with Crippen LogP contribution in [0.1, 0.15) is 36.8 Å². The smallest absolute Gasteiger partial charge is 0.325 e. The van der Waals surface area contributed by atoms with Gasteiger partial charge in [0.2, 0.25) is 5.91 Å². The molecule has 0 saturated carbocycles. The number of carbonyl (C=O) groups excluding carboxylic acids is 3. The van der Waals surface area contributed by atoms with Crippen LogP contribution in [-0.2, 0) is 21.5 Å². The van der Waals surface area contributed by atoms with Crippen LogP contribution in [0.5, 0.6) is 0 Å². The largest absolute Gasteiger partial charge is 0.355 e. The molecule has 2 heterocycles. The number of rotatable bonds is 5. The predicted octanol–water partition coefficient (Wildman–Crippen LogP) is 0.886. The van der Waals surface area contributed by atoms with Crippen LogP contribution in [0.15, 0.2) is 24.3 Å². The standard InChI is InChI=1S/C20H26N4O3/c25-17(22-11-8-14-4-3-10-21-12-14)13-24-18(26)20(23-19(24)27)9-7-15-5-1-2-6-16(15)20/h1-2,5-6,14,21H,3-4,7-13H2,(H,22,25)(H,23,27). The minimum atomic E-state index is -0.998. The van der Waals surface area contributed by atoms with Crippen LogP contribution in [0.2, 0.25) is 0 Å². The molecular formula is C20H26N4O3. The van der Waals surface area contributed by atoms with Crippen molar-refractivity contribution in [3.05, 3.63) is 35.4 Å². The second-order valence-electron chi connectivity index (χ2n) is 7.73. The second kappa shape index (κ2) is 7.31. The lowest BCUT2D eigenvalue weighted by atomic mass is 9.92. The van der Waals surface area contributed by atoms with E-state index < -0.39 is 11.6 Å². The molecule has 7 heteroatoms. The lowest BCUT2D eigenvalue weighted by molar-refractivity contribution is -0.135. The van der Waals surface area contributed by atoms with Gasteiger partial charge in [0.1, 0.15) is 12.1 Å². The van der Waals surface area contributed by atoms with Crippen LogP contribution >= 0.6 is 0 Å². The van der Waals surface area contributed by atoms with Gasteiger partial charge in [0.25, 0.3) is 5.91 Å². The van der Waals surface area contributed by atoms with Crippen molar-refractivity contribution in [1.82, 2.24) is 20.9 Å². The Bertz CT molecular complexity index is 759. The molecule has 0 aromatic heterocycles. The number of fused-ring (bicyclic) bond motifs is 2. The molecule has 3 N–H and O–H groups in total. The second-order valence-corrected chi connectivity index (χ2v) is 7.73. The molecule has 7 nitrogen and oxygen atoms in total. The highest BCUT2D eigenvalue weighted by atomic mass is 16.2. The number of hydrogen-bond donors (Lipinski definition) is 3. The molecule has 2 fully saturated rings. The number of carbonyl (C=O) groups is 3. The first kappa shape index (κ1) is 18.0. The van der Waals surface area contributed by atoms with Gasteiger partial charge in [-0.15, -0.1) is 0 Å². The van der Waals surface area contributed by atoms with E-state index >= 15 is 0 Å². The fraction of sp³-hybridized carbons (Fsp3) is 0.550. The van der Waals surface area contributed by atoms with Crippen LogP contribution in [0.25, 0.3) is 0 Å². The molecule has 3 aliphatic rings. The Kier molecular flexibility index (Phi) is 4.86. The zero-order valence-corrected chi connectivity index (χ0v) is 15.4. The average Bonchev–Trinajstić information content (AvgIpc) is 3.16. The summed E-state index contributed by atoms with van der Waals surface area (Å²) in [6.07, 6.45) is 4.56. The highest BCUT2D eigenvalue weighted by molar-refractivity contribution is 6.09. The van der Waals surface area contributed by atoms with Crippen LogP contribution < -0.4 is 16.0 Å². The van der Waals surface area contributed by atoms with E-state index in [-0.39, 0.29) is 18.4 Å². The molecule has 0 radical (unpaired) electrons.